The van der Waals surface area contributed by atoms with Gasteiger partial charge in [-0.1, -0.05) is 6.92 Å². The number of carbonyl (C=O) groups excluding carboxylic acids is 2. The normalized spacial score (nSPS) is 29.4. The summed E-state index contributed by atoms with van der Waals surface area (Å²) in [7, 11) is 0. The molecule has 1 aliphatic rings. The molecule has 0 saturated carbocycles. The van der Waals surface area contributed by atoms with Crippen LogP contribution >= 0.6 is 0 Å². The van der Waals surface area contributed by atoms with E-state index in [1.165, 1.54) is 0 Å². The maximum absolute atomic E-state index is 11.8. The Kier molecular flexibility index (Phi) is 6.12. The predicted octanol–water partition coefficient (Wildman–Crippen LogP) is 1.26. The molecule has 1 saturated heterocycles. The van der Waals surface area contributed by atoms with Crippen LogP contribution in [0.2, 0.25) is 0 Å². The van der Waals surface area contributed by atoms with Gasteiger partial charge in [0.05, 0.1) is 18.8 Å². The van der Waals surface area contributed by atoms with Crippen LogP contribution in [0.15, 0.2) is 0 Å². The molecule has 0 aromatic carbocycles. The van der Waals surface area contributed by atoms with Crippen LogP contribution in [-0.2, 0) is 19.1 Å². The molecule has 0 bridgehead atoms. The van der Waals surface area contributed by atoms with Crippen LogP contribution in [0.4, 0.5) is 0 Å². The first-order valence-electron chi connectivity index (χ1n) is 6.64. The zero-order valence-corrected chi connectivity index (χ0v) is 11.3. The van der Waals surface area contributed by atoms with Gasteiger partial charge in [0.15, 0.2) is 0 Å². The molecule has 1 rings (SSSR count). The second-order valence-electron chi connectivity index (χ2n) is 4.72. The molecule has 4 atom stereocenters. The second kappa shape index (κ2) is 7.36. The summed E-state index contributed by atoms with van der Waals surface area (Å²) in [5, 5.41) is 2.59. The first kappa shape index (κ1) is 15.0. The van der Waals surface area contributed by atoms with Crippen LogP contribution in [0.1, 0.15) is 40.0 Å². The molecule has 0 aliphatic carbocycles. The third kappa shape index (κ3) is 3.98. The Morgan fingerprint density at radius 3 is 2.78 bits per heavy atom. The molecule has 0 unspecified atom stereocenters. The van der Waals surface area contributed by atoms with Crippen molar-refractivity contribution < 1.29 is 19.1 Å². The van der Waals surface area contributed by atoms with Crippen LogP contribution in [0.3, 0.4) is 0 Å². The summed E-state index contributed by atoms with van der Waals surface area (Å²) in [5.41, 5.74) is 0. The van der Waals surface area contributed by atoms with Gasteiger partial charge in [0.1, 0.15) is 6.04 Å². The van der Waals surface area contributed by atoms with Crippen molar-refractivity contribution in [2.45, 2.75) is 58.3 Å². The number of hydrogen-bond donors (Lipinski definition) is 1. The van der Waals surface area contributed by atoms with E-state index >= 15 is 0 Å². The third-order valence-electron chi connectivity index (χ3n) is 3.34. The molecule has 0 radical (unpaired) electrons. The largest absolute Gasteiger partial charge is 0.464 e. The molecule has 0 spiro atoms. The van der Waals surface area contributed by atoms with Crippen LogP contribution < -0.4 is 5.32 Å². The Bertz CT molecular complexity index is 282. The van der Waals surface area contributed by atoms with Gasteiger partial charge in [-0.3, -0.25) is 4.79 Å². The van der Waals surface area contributed by atoms with E-state index in [0.29, 0.717) is 13.0 Å². The van der Waals surface area contributed by atoms with Crippen molar-refractivity contribution in [1.82, 2.24) is 5.32 Å². The lowest BCUT2D eigenvalue weighted by Gasteiger charge is -2.36. The molecule has 1 amide bonds. The average Bonchev–Trinajstić information content (AvgIpc) is 2.35. The molecule has 5 heteroatoms. The molecular weight excluding hydrogens is 234 g/mol. The van der Waals surface area contributed by atoms with E-state index in [1.807, 2.05) is 6.92 Å². The lowest BCUT2D eigenvalue weighted by molar-refractivity contribution is -0.151. The van der Waals surface area contributed by atoms with Crippen molar-refractivity contribution in [3.8, 4) is 0 Å². The fourth-order valence-corrected chi connectivity index (χ4v) is 2.54. The summed E-state index contributed by atoms with van der Waals surface area (Å²) in [6, 6.07) is -0.553. The van der Waals surface area contributed by atoms with E-state index in [4.69, 9.17) is 9.47 Å². The summed E-state index contributed by atoms with van der Waals surface area (Å²) in [6.45, 7) is 6.15. The number of carbonyl (C=O) groups is 2. The summed E-state index contributed by atoms with van der Waals surface area (Å²) >= 11 is 0. The van der Waals surface area contributed by atoms with Gasteiger partial charge in [0.25, 0.3) is 0 Å². The third-order valence-corrected chi connectivity index (χ3v) is 3.34. The minimum absolute atomic E-state index is 0.0861. The van der Waals surface area contributed by atoms with E-state index in [-0.39, 0.29) is 24.1 Å². The van der Waals surface area contributed by atoms with Crippen LogP contribution in [0, 0.1) is 5.92 Å². The Labute approximate surface area is 108 Å². The van der Waals surface area contributed by atoms with Gasteiger partial charge in [0.2, 0.25) is 6.41 Å². The Morgan fingerprint density at radius 2 is 2.22 bits per heavy atom. The SMILES string of the molecule is CCOC(=O)[C@H](NC=O)[C@H]1C[C@@H](CC)O[C@H](C)C1. The maximum Gasteiger partial charge on any atom is 0.328 e. The zero-order valence-electron chi connectivity index (χ0n) is 11.3. The van der Waals surface area contributed by atoms with E-state index in [1.54, 1.807) is 6.92 Å². The monoisotopic (exact) mass is 257 g/mol. The van der Waals surface area contributed by atoms with Crippen molar-refractivity contribution in [2.24, 2.45) is 5.92 Å². The Morgan fingerprint density at radius 1 is 1.50 bits per heavy atom. The minimum atomic E-state index is -0.553. The molecule has 1 fully saturated rings. The molecule has 0 aromatic heterocycles. The number of amides is 1. The lowest BCUT2D eigenvalue weighted by Crippen LogP contribution is -2.48. The molecule has 0 aromatic rings. The highest BCUT2D eigenvalue weighted by Gasteiger charge is 2.35. The van der Waals surface area contributed by atoms with Crippen molar-refractivity contribution in [3.63, 3.8) is 0 Å². The van der Waals surface area contributed by atoms with Crippen molar-refractivity contribution in [2.75, 3.05) is 6.61 Å². The lowest BCUT2D eigenvalue weighted by atomic mass is 9.85. The second-order valence-corrected chi connectivity index (χ2v) is 4.72. The summed E-state index contributed by atoms with van der Waals surface area (Å²) in [6.07, 6.45) is 3.30. The van der Waals surface area contributed by atoms with Crippen LogP contribution in [0.5, 0.6) is 0 Å². The number of hydrogen-bond acceptors (Lipinski definition) is 4. The average molecular weight is 257 g/mol. The van der Waals surface area contributed by atoms with Gasteiger partial charge in [-0.05, 0) is 39.0 Å². The minimum Gasteiger partial charge on any atom is -0.464 e. The predicted molar refractivity (Wildman–Crippen MR) is 67.0 cm³/mol. The molecule has 1 N–H and O–H groups in total. The standard InChI is InChI=1S/C13H23NO4/c1-4-11-7-10(6-9(3)18-11)12(14-8-15)13(16)17-5-2/h8-12H,4-7H2,1-3H3,(H,14,15)/t9-,10-,11-,12-/m1/s1. The van der Waals surface area contributed by atoms with E-state index in [2.05, 4.69) is 12.2 Å². The summed E-state index contributed by atoms with van der Waals surface area (Å²) < 4.78 is 10.8. The van der Waals surface area contributed by atoms with Gasteiger partial charge in [-0.15, -0.1) is 0 Å². The number of ether oxygens (including phenoxy) is 2. The fraction of sp³-hybridized carbons (Fsp3) is 0.846. The number of nitrogens with one attached hydrogen (secondary N) is 1. The number of esters is 1. The summed E-state index contributed by atoms with van der Waals surface area (Å²) in [5.74, 6) is -0.262. The highest BCUT2D eigenvalue weighted by atomic mass is 16.5. The molecule has 1 aliphatic heterocycles. The van der Waals surface area contributed by atoms with Gasteiger partial charge in [0, 0.05) is 0 Å². The smallest absolute Gasteiger partial charge is 0.328 e. The Hall–Kier alpha value is -1.10. The first-order chi connectivity index (χ1) is 8.62. The molecule has 5 nitrogen and oxygen atoms in total. The van der Waals surface area contributed by atoms with E-state index in [0.717, 1.165) is 19.3 Å². The summed E-state index contributed by atoms with van der Waals surface area (Å²) in [4.78, 5) is 22.5. The molecular formula is C13H23NO4. The van der Waals surface area contributed by atoms with Gasteiger partial charge < -0.3 is 14.8 Å². The highest BCUT2D eigenvalue weighted by Crippen LogP contribution is 2.29. The van der Waals surface area contributed by atoms with Crippen molar-refractivity contribution in [1.29, 1.82) is 0 Å². The molecule has 1 heterocycles. The van der Waals surface area contributed by atoms with Crippen LogP contribution in [-0.4, -0.2) is 37.2 Å². The van der Waals surface area contributed by atoms with Gasteiger partial charge >= 0.3 is 5.97 Å². The van der Waals surface area contributed by atoms with E-state index in [9.17, 15) is 9.59 Å². The zero-order chi connectivity index (χ0) is 13.5. The fourth-order valence-electron chi connectivity index (χ4n) is 2.54. The van der Waals surface area contributed by atoms with Crippen molar-refractivity contribution in [3.05, 3.63) is 0 Å². The highest BCUT2D eigenvalue weighted by molar-refractivity contribution is 5.78. The maximum atomic E-state index is 11.8. The van der Waals surface area contributed by atoms with Crippen LogP contribution in [0.25, 0.3) is 0 Å². The molecule has 104 valence electrons. The number of rotatable bonds is 6. The van der Waals surface area contributed by atoms with E-state index < -0.39 is 6.04 Å². The van der Waals surface area contributed by atoms with Gasteiger partial charge in [-0.25, -0.2) is 4.79 Å². The molecule has 18 heavy (non-hydrogen) atoms. The quantitative estimate of drug-likeness (QED) is 0.574. The Balaban J connectivity index is 2.71. The topological polar surface area (TPSA) is 64.6 Å². The van der Waals surface area contributed by atoms with Gasteiger partial charge in [-0.2, -0.15) is 0 Å². The first-order valence-corrected chi connectivity index (χ1v) is 6.64. The van der Waals surface area contributed by atoms with Crippen molar-refractivity contribution >= 4 is 12.4 Å².